The summed E-state index contributed by atoms with van der Waals surface area (Å²) in [6.07, 6.45) is 19.2. The highest BCUT2D eigenvalue weighted by molar-refractivity contribution is 4.82. The normalized spacial score (nSPS) is 25.1. The van der Waals surface area contributed by atoms with Crippen molar-refractivity contribution in [1.82, 2.24) is 5.32 Å². The molecule has 2 aliphatic rings. The summed E-state index contributed by atoms with van der Waals surface area (Å²) in [6, 6.07) is 0.834. The van der Waals surface area contributed by atoms with Gasteiger partial charge in [-0.15, -0.1) is 0 Å². The maximum Gasteiger partial charge on any atom is 0.00979 e. The maximum absolute atomic E-state index is 3.91. The highest BCUT2D eigenvalue weighted by Gasteiger charge is 2.26. The van der Waals surface area contributed by atoms with Crippen molar-refractivity contribution in [2.75, 3.05) is 6.54 Å². The molecule has 2 rings (SSSR count). The van der Waals surface area contributed by atoms with E-state index in [0.717, 1.165) is 17.9 Å². The Morgan fingerprint density at radius 1 is 0.842 bits per heavy atom. The van der Waals surface area contributed by atoms with Gasteiger partial charge >= 0.3 is 0 Å². The monoisotopic (exact) mass is 265 g/mol. The minimum absolute atomic E-state index is 0.834. The maximum atomic E-state index is 3.91. The third kappa shape index (κ3) is 5.45. The van der Waals surface area contributed by atoms with Crippen molar-refractivity contribution in [3.8, 4) is 0 Å². The molecule has 0 aromatic rings. The number of hydrogen-bond donors (Lipinski definition) is 1. The predicted molar refractivity (Wildman–Crippen MR) is 84.5 cm³/mol. The van der Waals surface area contributed by atoms with E-state index in [2.05, 4.69) is 12.2 Å². The largest absolute Gasteiger partial charge is 0.314 e. The van der Waals surface area contributed by atoms with Crippen LogP contribution in [-0.4, -0.2) is 12.6 Å². The summed E-state index contributed by atoms with van der Waals surface area (Å²) in [5.41, 5.74) is 0. The van der Waals surface area contributed by atoms with Gasteiger partial charge in [-0.25, -0.2) is 0 Å². The van der Waals surface area contributed by atoms with Gasteiger partial charge in [0.05, 0.1) is 0 Å². The van der Waals surface area contributed by atoms with Crippen molar-refractivity contribution in [2.45, 2.75) is 96.4 Å². The summed E-state index contributed by atoms with van der Waals surface area (Å²) in [5, 5.41) is 3.91. The Labute approximate surface area is 120 Å². The van der Waals surface area contributed by atoms with Gasteiger partial charge in [0, 0.05) is 6.04 Å². The molecule has 1 atom stereocenters. The van der Waals surface area contributed by atoms with Gasteiger partial charge in [0.15, 0.2) is 0 Å². The van der Waals surface area contributed by atoms with Crippen LogP contribution in [0.4, 0.5) is 0 Å². The van der Waals surface area contributed by atoms with E-state index in [0.29, 0.717) is 0 Å². The van der Waals surface area contributed by atoms with E-state index >= 15 is 0 Å². The lowest BCUT2D eigenvalue weighted by molar-refractivity contribution is 0.247. The van der Waals surface area contributed by atoms with Crippen LogP contribution in [0.1, 0.15) is 90.4 Å². The third-order valence-electron chi connectivity index (χ3n) is 5.44. The van der Waals surface area contributed by atoms with E-state index in [9.17, 15) is 0 Å². The summed E-state index contributed by atoms with van der Waals surface area (Å²) in [6.45, 7) is 3.53. The van der Waals surface area contributed by atoms with Crippen molar-refractivity contribution >= 4 is 0 Å². The Hall–Kier alpha value is -0.0400. The molecule has 0 amide bonds. The molecule has 0 spiro atoms. The van der Waals surface area contributed by atoms with Gasteiger partial charge in [0.2, 0.25) is 0 Å². The zero-order valence-electron chi connectivity index (χ0n) is 13.1. The Balaban J connectivity index is 1.85. The number of hydrogen-bond acceptors (Lipinski definition) is 1. The first kappa shape index (κ1) is 15.4. The highest BCUT2D eigenvalue weighted by atomic mass is 14.9. The van der Waals surface area contributed by atoms with Crippen LogP contribution in [0.2, 0.25) is 0 Å². The van der Waals surface area contributed by atoms with Crippen molar-refractivity contribution in [2.24, 2.45) is 11.8 Å². The van der Waals surface area contributed by atoms with Gasteiger partial charge < -0.3 is 5.32 Å². The van der Waals surface area contributed by atoms with Gasteiger partial charge in [-0.05, 0) is 44.1 Å². The first-order valence-electron chi connectivity index (χ1n) is 9.13. The predicted octanol–water partition coefficient (Wildman–Crippen LogP) is 5.30. The van der Waals surface area contributed by atoms with Gasteiger partial charge in [-0.2, -0.15) is 0 Å². The number of nitrogens with one attached hydrogen (secondary N) is 1. The second-order valence-corrected chi connectivity index (χ2v) is 7.05. The molecule has 0 aromatic carbocycles. The van der Waals surface area contributed by atoms with Crippen molar-refractivity contribution in [1.29, 1.82) is 0 Å². The van der Waals surface area contributed by atoms with Crippen molar-refractivity contribution in [3.63, 3.8) is 0 Å². The molecule has 0 aliphatic heterocycles. The highest BCUT2D eigenvalue weighted by Crippen LogP contribution is 2.33. The lowest BCUT2D eigenvalue weighted by Crippen LogP contribution is -2.38. The van der Waals surface area contributed by atoms with Crippen LogP contribution >= 0.6 is 0 Å². The summed E-state index contributed by atoms with van der Waals surface area (Å²) in [4.78, 5) is 0. The second-order valence-electron chi connectivity index (χ2n) is 7.05. The van der Waals surface area contributed by atoms with Gasteiger partial charge in [-0.3, -0.25) is 0 Å². The minimum Gasteiger partial charge on any atom is -0.314 e. The zero-order valence-corrected chi connectivity index (χ0v) is 13.1. The standard InChI is InChI=1S/C18H35N/c1-2-14-19-18(15-16-10-8-9-11-16)17-12-6-4-3-5-7-13-17/h16-19H,2-15H2,1H3. The van der Waals surface area contributed by atoms with E-state index < -0.39 is 0 Å². The van der Waals surface area contributed by atoms with Crippen LogP contribution in [0.3, 0.4) is 0 Å². The molecular weight excluding hydrogens is 230 g/mol. The van der Waals surface area contributed by atoms with Gasteiger partial charge in [0.25, 0.3) is 0 Å². The van der Waals surface area contributed by atoms with Crippen molar-refractivity contribution < 1.29 is 0 Å². The molecule has 1 N–H and O–H groups in total. The van der Waals surface area contributed by atoms with Crippen LogP contribution in [0.25, 0.3) is 0 Å². The lowest BCUT2D eigenvalue weighted by atomic mass is 9.81. The minimum atomic E-state index is 0.834. The van der Waals surface area contributed by atoms with E-state index in [-0.39, 0.29) is 0 Å². The zero-order chi connectivity index (χ0) is 13.3. The first-order valence-corrected chi connectivity index (χ1v) is 9.13. The molecule has 0 aromatic heterocycles. The quantitative estimate of drug-likeness (QED) is 0.687. The Kier molecular flexibility index (Phi) is 7.27. The van der Waals surface area contributed by atoms with E-state index in [1.54, 1.807) is 0 Å². The number of rotatable bonds is 6. The fourth-order valence-electron chi connectivity index (χ4n) is 4.27. The molecule has 1 heteroatoms. The van der Waals surface area contributed by atoms with Crippen LogP contribution < -0.4 is 5.32 Å². The average Bonchev–Trinajstić information content (AvgIpc) is 2.87. The molecule has 0 saturated heterocycles. The lowest BCUT2D eigenvalue weighted by Gasteiger charge is -2.31. The fourth-order valence-corrected chi connectivity index (χ4v) is 4.27. The first-order chi connectivity index (χ1) is 9.40. The Morgan fingerprint density at radius 3 is 2.05 bits per heavy atom. The average molecular weight is 265 g/mol. The van der Waals surface area contributed by atoms with E-state index in [4.69, 9.17) is 0 Å². The molecule has 0 bridgehead atoms. The third-order valence-corrected chi connectivity index (χ3v) is 5.44. The summed E-state index contributed by atoms with van der Waals surface area (Å²) in [5.74, 6) is 2.02. The molecule has 112 valence electrons. The van der Waals surface area contributed by atoms with E-state index in [1.807, 2.05) is 0 Å². The topological polar surface area (TPSA) is 12.0 Å². The molecular formula is C18H35N. The van der Waals surface area contributed by atoms with Gasteiger partial charge in [-0.1, -0.05) is 64.7 Å². The molecule has 0 radical (unpaired) electrons. The Morgan fingerprint density at radius 2 is 1.42 bits per heavy atom. The fraction of sp³-hybridized carbons (Fsp3) is 1.00. The summed E-state index contributed by atoms with van der Waals surface area (Å²) in [7, 11) is 0. The van der Waals surface area contributed by atoms with Crippen LogP contribution in [0, 0.1) is 11.8 Å². The SMILES string of the molecule is CCCNC(CC1CCCC1)C1CCCCCCC1. The summed E-state index contributed by atoms with van der Waals surface area (Å²) >= 11 is 0. The van der Waals surface area contributed by atoms with Gasteiger partial charge in [0.1, 0.15) is 0 Å². The van der Waals surface area contributed by atoms with Crippen molar-refractivity contribution in [3.05, 3.63) is 0 Å². The van der Waals surface area contributed by atoms with Crippen LogP contribution in [0.15, 0.2) is 0 Å². The van der Waals surface area contributed by atoms with E-state index in [1.165, 1.54) is 90.0 Å². The molecule has 1 unspecified atom stereocenters. The second kappa shape index (κ2) is 9.00. The smallest absolute Gasteiger partial charge is 0.00979 e. The van der Waals surface area contributed by atoms with Crippen LogP contribution in [-0.2, 0) is 0 Å². The molecule has 2 aliphatic carbocycles. The molecule has 2 fully saturated rings. The molecule has 0 heterocycles. The molecule has 1 nitrogen and oxygen atoms in total. The van der Waals surface area contributed by atoms with Crippen LogP contribution in [0.5, 0.6) is 0 Å². The summed E-state index contributed by atoms with van der Waals surface area (Å²) < 4.78 is 0. The molecule has 2 saturated carbocycles. The Bertz CT molecular complexity index is 212. The molecule has 19 heavy (non-hydrogen) atoms.